The van der Waals surface area contributed by atoms with Crippen LogP contribution in [0.15, 0.2) is 84.9 Å². The van der Waals surface area contributed by atoms with Gasteiger partial charge in [0.15, 0.2) is 5.60 Å². The van der Waals surface area contributed by atoms with Crippen LogP contribution in [-0.2, 0) is 28.2 Å². The summed E-state index contributed by atoms with van der Waals surface area (Å²) < 4.78 is 5.43. The van der Waals surface area contributed by atoms with E-state index in [1.54, 1.807) is 0 Å². The molecule has 6 nitrogen and oxygen atoms in total. The molecule has 0 spiro atoms. The lowest BCUT2D eigenvalue weighted by Crippen LogP contribution is -2.51. The van der Waals surface area contributed by atoms with Gasteiger partial charge in [-0.05, 0) is 59.9 Å². The molecule has 1 amide bonds. The maximum absolute atomic E-state index is 13.5. The molecule has 3 aromatic rings. The van der Waals surface area contributed by atoms with Crippen LogP contribution in [0.3, 0.4) is 0 Å². The molecule has 1 heterocycles. The molecule has 4 atom stereocenters. The summed E-state index contributed by atoms with van der Waals surface area (Å²) in [6.07, 6.45) is 4.82. The van der Waals surface area contributed by atoms with Crippen LogP contribution < -0.4 is 5.32 Å². The number of nitrogens with one attached hydrogen (secondary N) is 1. The van der Waals surface area contributed by atoms with E-state index in [0.717, 1.165) is 57.3 Å². The fourth-order valence-electron chi connectivity index (χ4n) is 6.76. The van der Waals surface area contributed by atoms with Gasteiger partial charge in [-0.25, -0.2) is 4.79 Å². The van der Waals surface area contributed by atoms with Crippen LogP contribution in [0.5, 0.6) is 0 Å². The Hall–Kier alpha value is -3.48. The van der Waals surface area contributed by atoms with Crippen LogP contribution in [-0.4, -0.2) is 47.6 Å². The van der Waals surface area contributed by atoms with Gasteiger partial charge in [-0.15, -0.1) is 0 Å². The van der Waals surface area contributed by atoms with Crippen LogP contribution in [0.4, 0.5) is 0 Å². The second kappa shape index (κ2) is 11.6. The lowest BCUT2D eigenvalue weighted by atomic mass is 9.79. The standard InChI is InChI=1S/C34H38N2O4/c37-32(40-23-25-9-3-1-4-10-25)26-17-15-24(16-18-26)19-20-36-21-29-30(22-36)31(29)35-33(38)34(39,28-13-7-8-14-28)27-11-5-2-6-12-27/h1-6,9-12,15-18,28-31,39H,7-8,13-14,19-23H2,(H,35,38)/t29-,30?,31?,34?/m0/s1. The molecule has 2 N–H and O–H groups in total. The molecule has 3 aromatic carbocycles. The first-order valence-electron chi connectivity index (χ1n) is 14.6. The number of ether oxygens (including phenoxy) is 1. The van der Waals surface area contributed by atoms with E-state index in [9.17, 15) is 14.7 Å². The van der Waals surface area contributed by atoms with Gasteiger partial charge in [0.25, 0.3) is 5.91 Å². The topological polar surface area (TPSA) is 78.9 Å². The van der Waals surface area contributed by atoms with E-state index < -0.39 is 5.60 Å². The first-order valence-corrected chi connectivity index (χ1v) is 14.6. The lowest BCUT2D eigenvalue weighted by molar-refractivity contribution is -0.147. The van der Waals surface area contributed by atoms with Gasteiger partial charge in [-0.3, -0.25) is 4.79 Å². The number of hydrogen-bond donors (Lipinski definition) is 2. The molecule has 40 heavy (non-hydrogen) atoms. The maximum atomic E-state index is 13.5. The molecule has 6 heteroatoms. The van der Waals surface area contributed by atoms with Crippen LogP contribution >= 0.6 is 0 Å². The largest absolute Gasteiger partial charge is 0.457 e. The number of rotatable bonds is 10. The summed E-state index contributed by atoms with van der Waals surface area (Å²) in [7, 11) is 0. The Morgan fingerprint density at radius 3 is 2.12 bits per heavy atom. The molecular weight excluding hydrogens is 500 g/mol. The highest BCUT2D eigenvalue weighted by molar-refractivity contribution is 5.89. The number of likely N-dealkylation sites (tertiary alicyclic amines) is 1. The fraction of sp³-hybridized carbons (Fsp3) is 0.412. The van der Waals surface area contributed by atoms with Gasteiger partial charge in [0.05, 0.1) is 5.56 Å². The Morgan fingerprint density at radius 1 is 0.850 bits per heavy atom. The summed E-state index contributed by atoms with van der Waals surface area (Å²) in [5.74, 6) is 0.347. The zero-order valence-electron chi connectivity index (χ0n) is 22.9. The fourth-order valence-corrected chi connectivity index (χ4v) is 6.76. The monoisotopic (exact) mass is 538 g/mol. The van der Waals surface area contributed by atoms with Gasteiger partial charge >= 0.3 is 5.97 Å². The first-order chi connectivity index (χ1) is 19.5. The van der Waals surface area contributed by atoms with Crippen molar-refractivity contribution in [2.45, 2.75) is 50.4 Å². The molecule has 2 aliphatic carbocycles. The minimum atomic E-state index is -1.45. The molecule has 208 valence electrons. The second-order valence-electron chi connectivity index (χ2n) is 11.7. The smallest absolute Gasteiger partial charge is 0.338 e. The number of aliphatic hydroxyl groups is 1. The van der Waals surface area contributed by atoms with Gasteiger partial charge in [0, 0.05) is 31.6 Å². The van der Waals surface area contributed by atoms with Gasteiger partial charge in [-0.1, -0.05) is 85.6 Å². The summed E-state index contributed by atoms with van der Waals surface area (Å²) >= 11 is 0. The average molecular weight is 539 g/mol. The Kier molecular flexibility index (Phi) is 7.72. The van der Waals surface area contributed by atoms with E-state index in [4.69, 9.17) is 4.74 Å². The molecule has 1 aliphatic heterocycles. The Morgan fingerprint density at radius 2 is 1.48 bits per heavy atom. The number of esters is 1. The average Bonchev–Trinajstić information content (AvgIpc) is 3.39. The Bertz CT molecular complexity index is 1290. The summed E-state index contributed by atoms with van der Waals surface area (Å²) in [4.78, 5) is 28.4. The van der Waals surface area contributed by atoms with Gasteiger partial charge in [0.2, 0.25) is 0 Å². The molecule has 3 unspecified atom stereocenters. The number of carbonyl (C=O) groups excluding carboxylic acids is 2. The predicted molar refractivity (Wildman–Crippen MR) is 153 cm³/mol. The molecule has 6 rings (SSSR count). The minimum absolute atomic E-state index is 0.0258. The zero-order chi connectivity index (χ0) is 27.5. The van der Waals surface area contributed by atoms with Crippen molar-refractivity contribution in [2.75, 3.05) is 19.6 Å². The summed E-state index contributed by atoms with van der Waals surface area (Å²) in [5, 5.41) is 15.0. The summed E-state index contributed by atoms with van der Waals surface area (Å²) in [6, 6.07) is 27.0. The van der Waals surface area contributed by atoms with Crippen LogP contribution in [0.1, 0.15) is 52.7 Å². The molecule has 2 saturated carbocycles. The van der Waals surface area contributed by atoms with Crippen molar-refractivity contribution < 1.29 is 19.4 Å². The molecule has 3 fully saturated rings. The van der Waals surface area contributed by atoms with Crippen LogP contribution in [0.2, 0.25) is 0 Å². The number of carbonyl (C=O) groups is 2. The molecule has 3 aliphatic rings. The van der Waals surface area contributed by atoms with Crippen molar-refractivity contribution in [2.24, 2.45) is 17.8 Å². The van der Waals surface area contributed by atoms with E-state index in [-0.39, 0.29) is 30.4 Å². The SMILES string of the molecule is O=C(OCc1ccccc1)c1ccc(CCN2CC3C(NC(=O)C(O)(c4ccccc4)C4CCCC4)[C@H]3C2)cc1. The quantitative estimate of drug-likeness (QED) is 0.366. The van der Waals surface area contributed by atoms with Crippen LogP contribution in [0.25, 0.3) is 0 Å². The summed E-state index contributed by atoms with van der Waals surface area (Å²) in [5.41, 5.74) is 1.98. The normalized spacial score (nSPS) is 23.8. The third-order valence-electron chi connectivity index (χ3n) is 9.19. The number of hydrogen-bond acceptors (Lipinski definition) is 5. The van der Waals surface area contributed by atoms with Crippen molar-refractivity contribution in [1.82, 2.24) is 10.2 Å². The van der Waals surface area contributed by atoms with Crippen molar-refractivity contribution >= 4 is 11.9 Å². The molecular formula is C34H38N2O4. The molecule has 0 aromatic heterocycles. The van der Waals surface area contributed by atoms with Crippen molar-refractivity contribution in [3.8, 4) is 0 Å². The van der Waals surface area contributed by atoms with Gasteiger partial charge in [0.1, 0.15) is 6.61 Å². The maximum Gasteiger partial charge on any atom is 0.338 e. The second-order valence-corrected chi connectivity index (χ2v) is 11.7. The van der Waals surface area contributed by atoms with E-state index in [2.05, 4.69) is 10.2 Å². The molecule has 0 bridgehead atoms. The van der Waals surface area contributed by atoms with Crippen LogP contribution in [0, 0.1) is 17.8 Å². The first kappa shape index (κ1) is 26.7. The lowest BCUT2D eigenvalue weighted by Gasteiger charge is -2.33. The van der Waals surface area contributed by atoms with E-state index >= 15 is 0 Å². The number of fused-ring (bicyclic) bond motifs is 1. The highest BCUT2D eigenvalue weighted by Gasteiger charge is 2.58. The van der Waals surface area contributed by atoms with E-state index in [0.29, 0.717) is 23.0 Å². The minimum Gasteiger partial charge on any atom is -0.457 e. The van der Waals surface area contributed by atoms with Crippen molar-refractivity contribution in [3.63, 3.8) is 0 Å². The summed E-state index contributed by atoms with van der Waals surface area (Å²) in [6.45, 7) is 3.15. The molecule has 1 saturated heterocycles. The third-order valence-corrected chi connectivity index (χ3v) is 9.19. The highest BCUT2D eigenvalue weighted by atomic mass is 16.5. The third kappa shape index (κ3) is 5.56. The number of nitrogens with zero attached hydrogens (tertiary/aromatic N) is 1. The van der Waals surface area contributed by atoms with E-state index in [1.165, 1.54) is 5.56 Å². The number of piperidine rings is 1. The Labute approximate surface area is 236 Å². The zero-order valence-corrected chi connectivity index (χ0v) is 22.9. The van der Waals surface area contributed by atoms with Crippen molar-refractivity contribution in [3.05, 3.63) is 107 Å². The van der Waals surface area contributed by atoms with Crippen molar-refractivity contribution in [1.29, 1.82) is 0 Å². The van der Waals surface area contributed by atoms with Gasteiger partial charge < -0.3 is 20.1 Å². The Balaban J connectivity index is 0.966. The number of benzene rings is 3. The number of amides is 1. The van der Waals surface area contributed by atoms with E-state index in [1.807, 2.05) is 84.9 Å². The predicted octanol–water partition coefficient (Wildman–Crippen LogP) is 4.71. The molecule has 0 radical (unpaired) electrons. The highest BCUT2D eigenvalue weighted by Crippen LogP contribution is 2.47. The van der Waals surface area contributed by atoms with Gasteiger partial charge in [-0.2, -0.15) is 0 Å².